The Morgan fingerprint density at radius 3 is 3.08 bits per heavy atom. The van der Waals surface area contributed by atoms with Crippen molar-refractivity contribution in [3.8, 4) is 0 Å². The van der Waals surface area contributed by atoms with Crippen LogP contribution in [0.1, 0.15) is 17.3 Å². The Hall–Kier alpha value is -1.45. The highest BCUT2D eigenvalue weighted by molar-refractivity contribution is 5.88. The fourth-order valence-corrected chi connectivity index (χ4v) is 0.783. The van der Waals surface area contributed by atoms with Crippen molar-refractivity contribution in [2.24, 2.45) is 0 Å². The van der Waals surface area contributed by atoms with Gasteiger partial charge in [0.15, 0.2) is 0 Å². The Bertz CT molecular complexity index is 288. The highest BCUT2D eigenvalue weighted by atomic mass is 19.2. The molecule has 64 valence electrons. The molecule has 1 aromatic rings. The molecule has 0 fully saturated rings. The standard InChI is InChI=1S/C8H9FNO2/c1-2-12-8(11)7-4-3-5-10(9)6-7/h3-6H,2H2,1H3/q+1. The van der Waals surface area contributed by atoms with Crippen molar-refractivity contribution < 1.29 is 18.8 Å². The molecule has 0 atom stereocenters. The normalized spacial score (nSPS) is 9.50. The maximum atomic E-state index is 12.5. The molecule has 0 aliphatic carbocycles. The summed E-state index contributed by atoms with van der Waals surface area (Å²) in [7, 11) is 0. The molecule has 1 rings (SSSR count). The number of aromatic nitrogens is 1. The van der Waals surface area contributed by atoms with Crippen LogP contribution in [0.4, 0.5) is 4.48 Å². The maximum Gasteiger partial charge on any atom is 0.344 e. The molecule has 1 aromatic heterocycles. The predicted molar refractivity (Wildman–Crippen MR) is 39.1 cm³/mol. The molecule has 0 N–H and O–H groups in total. The molecule has 4 heteroatoms. The van der Waals surface area contributed by atoms with Crippen molar-refractivity contribution in [1.82, 2.24) is 0 Å². The summed E-state index contributed by atoms with van der Waals surface area (Å²) in [5, 5.41) is 0. The van der Waals surface area contributed by atoms with Crippen molar-refractivity contribution in [3.05, 3.63) is 30.1 Å². The lowest BCUT2D eigenvalue weighted by molar-refractivity contribution is -0.844. The van der Waals surface area contributed by atoms with Gasteiger partial charge >= 0.3 is 5.97 Å². The quantitative estimate of drug-likeness (QED) is 0.617. The number of nitrogens with zero attached hydrogens (tertiary/aromatic N) is 1. The minimum atomic E-state index is -0.510. The zero-order chi connectivity index (χ0) is 8.97. The van der Waals surface area contributed by atoms with Crippen LogP contribution in [0.2, 0.25) is 0 Å². The second-order valence-electron chi connectivity index (χ2n) is 2.16. The Kier molecular flexibility index (Phi) is 2.74. The number of rotatable bonds is 2. The minimum Gasteiger partial charge on any atom is -0.462 e. The first-order valence-corrected chi connectivity index (χ1v) is 3.58. The molecule has 0 aliphatic rings. The molecule has 0 unspecified atom stereocenters. The van der Waals surface area contributed by atoms with E-state index in [1.807, 2.05) is 0 Å². The lowest BCUT2D eigenvalue weighted by Gasteiger charge is -1.97. The van der Waals surface area contributed by atoms with Gasteiger partial charge in [-0.25, -0.2) is 4.79 Å². The van der Waals surface area contributed by atoms with Gasteiger partial charge in [-0.15, -0.1) is 0 Å². The fraction of sp³-hybridized carbons (Fsp3) is 0.250. The van der Waals surface area contributed by atoms with Crippen molar-refractivity contribution in [1.29, 1.82) is 0 Å². The number of hydrogen-bond donors (Lipinski definition) is 0. The summed E-state index contributed by atoms with van der Waals surface area (Å²) < 4.78 is 17.1. The van der Waals surface area contributed by atoms with E-state index in [1.165, 1.54) is 18.3 Å². The number of halogens is 1. The SMILES string of the molecule is CCOC(=O)c1ccc[n+](F)c1. The van der Waals surface area contributed by atoms with E-state index in [0.717, 1.165) is 6.20 Å². The summed E-state index contributed by atoms with van der Waals surface area (Å²) >= 11 is 0. The smallest absolute Gasteiger partial charge is 0.344 e. The van der Waals surface area contributed by atoms with E-state index in [1.54, 1.807) is 6.92 Å². The molecule has 0 aliphatic heterocycles. The van der Waals surface area contributed by atoms with Gasteiger partial charge in [-0.05, 0) is 13.0 Å². The molecule has 0 spiro atoms. The van der Waals surface area contributed by atoms with Crippen LogP contribution in [-0.2, 0) is 4.74 Å². The van der Waals surface area contributed by atoms with Gasteiger partial charge in [0.2, 0.25) is 12.4 Å². The molecule has 0 amide bonds. The van der Waals surface area contributed by atoms with E-state index in [2.05, 4.69) is 4.74 Å². The van der Waals surface area contributed by atoms with Gasteiger partial charge < -0.3 is 4.74 Å². The van der Waals surface area contributed by atoms with Gasteiger partial charge in [0.05, 0.1) is 11.1 Å². The minimum absolute atomic E-state index is 0.210. The third kappa shape index (κ3) is 2.02. The summed E-state index contributed by atoms with van der Waals surface area (Å²) in [6.45, 7) is 1.99. The first-order chi connectivity index (χ1) is 5.74. The first-order valence-electron chi connectivity index (χ1n) is 3.58. The zero-order valence-corrected chi connectivity index (χ0v) is 6.66. The average Bonchev–Trinajstić information content (AvgIpc) is 2.05. The van der Waals surface area contributed by atoms with E-state index >= 15 is 0 Å². The molecule has 0 saturated carbocycles. The third-order valence-corrected chi connectivity index (χ3v) is 1.28. The molecule has 0 saturated heterocycles. The second kappa shape index (κ2) is 3.80. The van der Waals surface area contributed by atoms with Crippen LogP contribution in [0, 0.1) is 0 Å². The molecular formula is C8H9FNO2+. The van der Waals surface area contributed by atoms with Crippen LogP contribution in [0.25, 0.3) is 0 Å². The van der Waals surface area contributed by atoms with Crippen molar-refractivity contribution in [2.75, 3.05) is 6.61 Å². The molecular weight excluding hydrogens is 161 g/mol. The van der Waals surface area contributed by atoms with Gasteiger partial charge in [0, 0.05) is 10.9 Å². The Morgan fingerprint density at radius 1 is 1.75 bits per heavy atom. The predicted octanol–water partition coefficient (Wildman–Crippen LogP) is 0.883. The average molecular weight is 170 g/mol. The number of hydrogen-bond acceptors (Lipinski definition) is 2. The molecule has 12 heavy (non-hydrogen) atoms. The zero-order valence-electron chi connectivity index (χ0n) is 6.66. The summed E-state index contributed by atoms with van der Waals surface area (Å²) in [5.41, 5.74) is 0.210. The molecule has 3 nitrogen and oxygen atoms in total. The van der Waals surface area contributed by atoms with Crippen LogP contribution in [-0.4, -0.2) is 12.6 Å². The highest BCUT2D eigenvalue weighted by Gasteiger charge is 2.10. The van der Waals surface area contributed by atoms with Crippen molar-refractivity contribution >= 4 is 5.97 Å². The number of ether oxygens (including phenoxy) is 1. The number of esters is 1. The number of pyridine rings is 1. The Balaban J connectivity index is 2.81. The summed E-state index contributed by atoms with van der Waals surface area (Å²) in [5.74, 6) is -0.510. The van der Waals surface area contributed by atoms with Crippen LogP contribution in [0.3, 0.4) is 0 Å². The molecule has 1 heterocycles. The van der Waals surface area contributed by atoms with E-state index in [0.29, 0.717) is 11.4 Å². The van der Waals surface area contributed by atoms with Gasteiger partial charge in [-0.2, -0.15) is 0 Å². The summed E-state index contributed by atoms with van der Waals surface area (Å²) in [6.07, 6.45) is 2.26. The maximum absolute atomic E-state index is 12.5. The van der Waals surface area contributed by atoms with Gasteiger partial charge in [0.25, 0.3) is 0 Å². The van der Waals surface area contributed by atoms with Crippen LogP contribution in [0.15, 0.2) is 24.5 Å². The Labute approximate surface area is 69.3 Å². The van der Waals surface area contributed by atoms with Crippen molar-refractivity contribution in [2.45, 2.75) is 6.92 Å². The fourth-order valence-electron chi connectivity index (χ4n) is 0.783. The van der Waals surface area contributed by atoms with Gasteiger partial charge in [-0.3, -0.25) is 0 Å². The summed E-state index contributed by atoms with van der Waals surface area (Å²) in [4.78, 5) is 11.3. The van der Waals surface area contributed by atoms with E-state index in [-0.39, 0.29) is 5.56 Å². The molecule has 0 bridgehead atoms. The number of carbonyl (C=O) groups is 1. The molecule has 0 aromatic carbocycles. The largest absolute Gasteiger partial charge is 0.462 e. The topological polar surface area (TPSA) is 30.2 Å². The van der Waals surface area contributed by atoms with Crippen LogP contribution >= 0.6 is 0 Å². The van der Waals surface area contributed by atoms with Crippen LogP contribution < -0.4 is 4.79 Å². The lowest BCUT2D eigenvalue weighted by atomic mass is 10.3. The lowest BCUT2D eigenvalue weighted by Crippen LogP contribution is -2.22. The van der Waals surface area contributed by atoms with Gasteiger partial charge in [0.1, 0.15) is 5.56 Å². The monoisotopic (exact) mass is 170 g/mol. The summed E-state index contributed by atoms with van der Waals surface area (Å²) in [6, 6.07) is 2.93. The van der Waals surface area contributed by atoms with Crippen molar-refractivity contribution in [3.63, 3.8) is 0 Å². The van der Waals surface area contributed by atoms with Crippen LogP contribution in [0.5, 0.6) is 0 Å². The second-order valence-corrected chi connectivity index (χ2v) is 2.16. The number of carbonyl (C=O) groups excluding carboxylic acids is 1. The Morgan fingerprint density at radius 2 is 2.50 bits per heavy atom. The third-order valence-electron chi connectivity index (χ3n) is 1.28. The van der Waals surface area contributed by atoms with E-state index in [4.69, 9.17) is 0 Å². The van der Waals surface area contributed by atoms with E-state index in [9.17, 15) is 9.28 Å². The van der Waals surface area contributed by atoms with E-state index < -0.39 is 5.97 Å². The van der Waals surface area contributed by atoms with Gasteiger partial charge in [-0.1, -0.05) is 0 Å². The first kappa shape index (κ1) is 8.64. The molecule has 0 radical (unpaired) electrons. The highest BCUT2D eigenvalue weighted by Crippen LogP contribution is 1.97.